The second-order valence-electron chi connectivity index (χ2n) is 5.00. The van der Waals surface area contributed by atoms with E-state index in [4.69, 9.17) is 0 Å². The van der Waals surface area contributed by atoms with Crippen molar-refractivity contribution in [2.24, 2.45) is 0 Å². The summed E-state index contributed by atoms with van der Waals surface area (Å²) >= 11 is 0. The van der Waals surface area contributed by atoms with Crippen LogP contribution in [0, 0.1) is 12.7 Å². The number of aryl methyl sites for hydroxylation is 1. The Kier molecular flexibility index (Phi) is 4.69. The van der Waals surface area contributed by atoms with Crippen molar-refractivity contribution in [3.8, 4) is 0 Å². The number of benzene rings is 1. The minimum absolute atomic E-state index is 0.204. The lowest BCUT2D eigenvalue weighted by atomic mass is 10.1. The largest absolute Gasteiger partial charge is 0.355 e. The van der Waals surface area contributed by atoms with Crippen LogP contribution in [0.5, 0.6) is 0 Å². The van der Waals surface area contributed by atoms with Gasteiger partial charge in [0.05, 0.1) is 0 Å². The smallest absolute Gasteiger partial charge is 0.131 e. The van der Waals surface area contributed by atoms with E-state index < -0.39 is 0 Å². The molecule has 1 heterocycles. The number of hydrogen-bond donors (Lipinski definition) is 1. The van der Waals surface area contributed by atoms with Gasteiger partial charge in [-0.25, -0.2) is 9.37 Å². The molecular formula is C16H20FN3. The zero-order valence-electron chi connectivity index (χ0n) is 12.2. The van der Waals surface area contributed by atoms with Gasteiger partial charge in [-0.2, -0.15) is 0 Å². The second kappa shape index (κ2) is 6.48. The highest BCUT2D eigenvalue weighted by molar-refractivity contribution is 5.47. The Morgan fingerprint density at radius 1 is 1.25 bits per heavy atom. The van der Waals surface area contributed by atoms with E-state index in [0.29, 0.717) is 6.54 Å². The van der Waals surface area contributed by atoms with Gasteiger partial charge in [0.2, 0.25) is 0 Å². The summed E-state index contributed by atoms with van der Waals surface area (Å²) in [6.07, 6.45) is 1.88. The first-order valence-electron chi connectivity index (χ1n) is 6.66. The van der Waals surface area contributed by atoms with Gasteiger partial charge >= 0.3 is 0 Å². The fourth-order valence-corrected chi connectivity index (χ4v) is 2.31. The first-order valence-corrected chi connectivity index (χ1v) is 6.66. The van der Waals surface area contributed by atoms with Gasteiger partial charge in [-0.05, 0) is 48.9 Å². The third kappa shape index (κ3) is 3.54. The van der Waals surface area contributed by atoms with Crippen LogP contribution in [0.15, 0.2) is 36.5 Å². The van der Waals surface area contributed by atoms with Gasteiger partial charge in [0.1, 0.15) is 11.6 Å². The van der Waals surface area contributed by atoms with Crippen molar-refractivity contribution in [1.82, 2.24) is 10.3 Å². The van der Waals surface area contributed by atoms with Crippen molar-refractivity contribution in [3.05, 3.63) is 59.0 Å². The molecule has 0 aliphatic carbocycles. The molecule has 0 unspecified atom stereocenters. The summed E-state index contributed by atoms with van der Waals surface area (Å²) in [5, 5.41) is 3.11. The Morgan fingerprint density at radius 2 is 2.05 bits per heavy atom. The maximum absolute atomic E-state index is 13.2. The van der Waals surface area contributed by atoms with Crippen LogP contribution < -0.4 is 10.2 Å². The maximum atomic E-state index is 13.2. The van der Waals surface area contributed by atoms with Crippen LogP contribution in [0.25, 0.3) is 0 Å². The summed E-state index contributed by atoms with van der Waals surface area (Å²) in [7, 11) is 3.89. The molecule has 4 heteroatoms. The molecular weight excluding hydrogens is 253 g/mol. The Morgan fingerprint density at radius 3 is 2.70 bits per heavy atom. The second-order valence-corrected chi connectivity index (χ2v) is 5.00. The highest BCUT2D eigenvalue weighted by Crippen LogP contribution is 2.19. The SMILES string of the molecule is CNCc1cnc(N(C)Cc2cccc(F)c2)c(C)c1. The molecule has 0 spiro atoms. The molecule has 0 aliphatic heterocycles. The third-order valence-electron chi connectivity index (χ3n) is 3.16. The van der Waals surface area contributed by atoms with Gasteiger partial charge in [0.15, 0.2) is 0 Å². The predicted octanol–water partition coefficient (Wildman–Crippen LogP) is 2.88. The summed E-state index contributed by atoms with van der Waals surface area (Å²) in [6.45, 7) is 3.49. The monoisotopic (exact) mass is 273 g/mol. The highest BCUT2D eigenvalue weighted by atomic mass is 19.1. The topological polar surface area (TPSA) is 28.2 Å². The lowest BCUT2D eigenvalue weighted by molar-refractivity contribution is 0.625. The minimum Gasteiger partial charge on any atom is -0.355 e. The number of rotatable bonds is 5. The fraction of sp³-hybridized carbons (Fsp3) is 0.312. The zero-order chi connectivity index (χ0) is 14.5. The summed E-state index contributed by atoms with van der Waals surface area (Å²) in [6, 6.07) is 8.79. The number of nitrogens with zero attached hydrogens (tertiary/aromatic N) is 2. The Bertz CT molecular complexity index is 584. The average Bonchev–Trinajstić information content (AvgIpc) is 2.39. The third-order valence-corrected chi connectivity index (χ3v) is 3.16. The van der Waals surface area contributed by atoms with Gasteiger partial charge in [-0.15, -0.1) is 0 Å². The minimum atomic E-state index is -0.204. The molecule has 20 heavy (non-hydrogen) atoms. The molecule has 0 saturated heterocycles. The molecule has 0 atom stereocenters. The molecule has 0 fully saturated rings. The van der Waals surface area contributed by atoms with E-state index in [2.05, 4.69) is 16.4 Å². The van der Waals surface area contributed by atoms with Gasteiger partial charge in [-0.3, -0.25) is 0 Å². The lowest BCUT2D eigenvalue weighted by Gasteiger charge is -2.20. The van der Waals surface area contributed by atoms with Crippen LogP contribution in [0.4, 0.5) is 10.2 Å². The molecule has 1 aromatic carbocycles. The van der Waals surface area contributed by atoms with Crippen LogP contribution in [-0.2, 0) is 13.1 Å². The Hall–Kier alpha value is -1.94. The molecule has 2 aromatic rings. The summed E-state index contributed by atoms with van der Waals surface area (Å²) in [4.78, 5) is 6.54. The first-order chi connectivity index (χ1) is 9.60. The summed E-state index contributed by atoms with van der Waals surface area (Å²) in [5.74, 6) is 0.721. The number of hydrogen-bond acceptors (Lipinski definition) is 3. The van der Waals surface area contributed by atoms with Crippen molar-refractivity contribution < 1.29 is 4.39 Å². The van der Waals surface area contributed by atoms with Gasteiger partial charge in [0, 0.05) is 26.3 Å². The van der Waals surface area contributed by atoms with E-state index in [1.165, 1.54) is 6.07 Å². The Labute approximate surface area is 119 Å². The number of aromatic nitrogens is 1. The van der Waals surface area contributed by atoms with Crippen molar-refractivity contribution >= 4 is 5.82 Å². The molecule has 0 aliphatic rings. The van der Waals surface area contributed by atoms with E-state index >= 15 is 0 Å². The van der Waals surface area contributed by atoms with E-state index in [0.717, 1.165) is 29.1 Å². The van der Waals surface area contributed by atoms with Crippen molar-refractivity contribution in [2.45, 2.75) is 20.0 Å². The lowest BCUT2D eigenvalue weighted by Crippen LogP contribution is -2.19. The van der Waals surface area contributed by atoms with E-state index in [-0.39, 0.29) is 5.82 Å². The maximum Gasteiger partial charge on any atom is 0.131 e. The normalized spacial score (nSPS) is 10.6. The molecule has 0 radical (unpaired) electrons. The van der Waals surface area contributed by atoms with Gasteiger partial charge in [0.25, 0.3) is 0 Å². The van der Waals surface area contributed by atoms with Crippen LogP contribution in [-0.4, -0.2) is 19.1 Å². The number of nitrogens with one attached hydrogen (secondary N) is 1. The number of pyridine rings is 1. The highest BCUT2D eigenvalue weighted by Gasteiger charge is 2.08. The molecule has 0 amide bonds. The average molecular weight is 273 g/mol. The molecule has 1 N–H and O–H groups in total. The number of anilines is 1. The van der Waals surface area contributed by atoms with Crippen LogP contribution in [0.2, 0.25) is 0 Å². The zero-order valence-corrected chi connectivity index (χ0v) is 12.2. The first kappa shape index (κ1) is 14.5. The van der Waals surface area contributed by atoms with Crippen LogP contribution in [0.3, 0.4) is 0 Å². The molecule has 106 valence electrons. The quantitative estimate of drug-likeness (QED) is 0.908. The van der Waals surface area contributed by atoms with Gasteiger partial charge < -0.3 is 10.2 Å². The van der Waals surface area contributed by atoms with Crippen molar-refractivity contribution in [1.29, 1.82) is 0 Å². The van der Waals surface area contributed by atoms with Crippen LogP contribution >= 0.6 is 0 Å². The van der Waals surface area contributed by atoms with Crippen molar-refractivity contribution in [2.75, 3.05) is 19.0 Å². The molecule has 0 bridgehead atoms. The Balaban J connectivity index is 2.14. The molecule has 2 rings (SSSR count). The molecule has 3 nitrogen and oxygen atoms in total. The van der Waals surface area contributed by atoms with E-state index in [1.807, 2.05) is 38.2 Å². The molecule has 0 saturated carbocycles. The molecule has 1 aromatic heterocycles. The summed E-state index contributed by atoms with van der Waals surface area (Å²) < 4.78 is 13.2. The van der Waals surface area contributed by atoms with E-state index in [9.17, 15) is 4.39 Å². The van der Waals surface area contributed by atoms with Crippen molar-refractivity contribution in [3.63, 3.8) is 0 Å². The predicted molar refractivity (Wildman–Crippen MR) is 80.2 cm³/mol. The fourth-order valence-electron chi connectivity index (χ4n) is 2.31. The standard InChI is InChI=1S/C16H20FN3/c1-12-7-14(9-18-2)10-19-16(12)20(3)11-13-5-4-6-15(17)8-13/h4-8,10,18H,9,11H2,1-3H3. The van der Waals surface area contributed by atoms with E-state index in [1.54, 1.807) is 12.1 Å². The number of halogens is 1. The van der Waals surface area contributed by atoms with Crippen LogP contribution in [0.1, 0.15) is 16.7 Å². The van der Waals surface area contributed by atoms with Gasteiger partial charge in [-0.1, -0.05) is 12.1 Å². The summed E-state index contributed by atoms with van der Waals surface area (Å²) in [5.41, 5.74) is 3.22.